The number of furan rings is 1. The molecule has 1 unspecified atom stereocenters. The highest BCUT2D eigenvalue weighted by molar-refractivity contribution is 5.97. The molecule has 1 atom stereocenters. The first-order chi connectivity index (χ1) is 11.0. The maximum atomic E-state index is 12.6. The summed E-state index contributed by atoms with van der Waals surface area (Å²) in [6.07, 6.45) is 2.93. The molecule has 2 aromatic rings. The average molecular weight is 313 g/mol. The van der Waals surface area contributed by atoms with Gasteiger partial charge in [0.2, 0.25) is 0 Å². The monoisotopic (exact) mass is 313 g/mol. The number of aliphatic carboxylic acids is 1. The summed E-state index contributed by atoms with van der Waals surface area (Å²) in [4.78, 5) is 23.5. The van der Waals surface area contributed by atoms with Crippen LogP contribution >= 0.6 is 0 Å². The van der Waals surface area contributed by atoms with Crippen molar-refractivity contribution in [1.82, 2.24) is 5.32 Å². The highest BCUT2D eigenvalue weighted by Crippen LogP contribution is 2.32. The molecule has 1 heterocycles. The van der Waals surface area contributed by atoms with Gasteiger partial charge < -0.3 is 14.8 Å². The predicted octanol–water partition coefficient (Wildman–Crippen LogP) is 2.94. The van der Waals surface area contributed by atoms with Gasteiger partial charge in [-0.15, -0.1) is 0 Å². The minimum atomic E-state index is -1.02. The molecule has 1 aromatic heterocycles. The fourth-order valence-electron chi connectivity index (χ4n) is 3.20. The van der Waals surface area contributed by atoms with Gasteiger partial charge in [0, 0.05) is 5.56 Å². The van der Waals surface area contributed by atoms with E-state index < -0.39 is 5.97 Å². The third-order valence-corrected chi connectivity index (χ3v) is 4.27. The summed E-state index contributed by atoms with van der Waals surface area (Å²) < 4.78 is 5.24. The van der Waals surface area contributed by atoms with Crippen molar-refractivity contribution in [2.24, 2.45) is 0 Å². The molecule has 1 amide bonds. The van der Waals surface area contributed by atoms with E-state index in [0.717, 1.165) is 18.4 Å². The van der Waals surface area contributed by atoms with Crippen molar-refractivity contribution in [1.29, 1.82) is 0 Å². The Bertz CT molecular complexity index is 775. The SMILES string of the molecule is Cc1ccc2c(c1)CCC2NC(=O)c1c(C)coc1CC(=O)O. The van der Waals surface area contributed by atoms with Gasteiger partial charge in [-0.2, -0.15) is 0 Å². The summed E-state index contributed by atoms with van der Waals surface area (Å²) in [5.74, 6) is -1.09. The normalized spacial score (nSPS) is 16.2. The number of carboxylic acids is 1. The average Bonchev–Trinajstić information content (AvgIpc) is 3.02. The molecule has 0 fully saturated rings. The van der Waals surface area contributed by atoms with E-state index in [4.69, 9.17) is 9.52 Å². The number of nitrogens with one attached hydrogen (secondary N) is 1. The van der Waals surface area contributed by atoms with Gasteiger partial charge in [-0.1, -0.05) is 23.8 Å². The number of carbonyl (C=O) groups is 2. The van der Waals surface area contributed by atoms with E-state index >= 15 is 0 Å². The van der Waals surface area contributed by atoms with Gasteiger partial charge in [0.25, 0.3) is 5.91 Å². The van der Waals surface area contributed by atoms with Crippen LogP contribution in [0.3, 0.4) is 0 Å². The second kappa shape index (κ2) is 5.91. The Morgan fingerprint density at radius 3 is 2.87 bits per heavy atom. The predicted molar refractivity (Wildman–Crippen MR) is 84.5 cm³/mol. The number of hydrogen-bond donors (Lipinski definition) is 2. The molecule has 2 N–H and O–H groups in total. The van der Waals surface area contributed by atoms with Crippen LogP contribution in [0.15, 0.2) is 28.9 Å². The molecule has 1 aliphatic rings. The van der Waals surface area contributed by atoms with E-state index in [-0.39, 0.29) is 24.1 Å². The van der Waals surface area contributed by atoms with Crippen LogP contribution in [0.5, 0.6) is 0 Å². The Kier molecular flexibility index (Phi) is 3.94. The van der Waals surface area contributed by atoms with Crippen LogP contribution < -0.4 is 5.32 Å². The van der Waals surface area contributed by atoms with Crippen LogP contribution in [0.1, 0.15) is 50.8 Å². The molecule has 23 heavy (non-hydrogen) atoms. The number of amides is 1. The van der Waals surface area contributed by atoms with Gasteiger partial charge in [-0.05, 0) is 37.8 Å². The molecule has 120 valence electrons. The van der Waals surface area contributed by atoms with Gasteiger partial charge in [-0.25, -0.2) is 0 Å². The number of hydrogen-bond acceptors (Lipinski definition) is 3. The van der Waals surface area contributed by atoms with Crippen molar-refractivity contribution in [2.75, 3.05) is 0 Å². The third-order valence-electron chi connectivity index (χ3n) is 4.27. The van der Waals surface area contributed by atoms with E-state index in [9.17, 15) is 9.59 Å². The topological polar surface area (TPSA) is 79.5 Å². The number of carbonyl (C=O) groups excluding carboxylic acids is 1. The molecule has 5 heteroatoms. The van der Waals surface area contributed by atoms with Crippen molar-refractivity contribution in [3.05, 3.63) is 58.0 Å². The number of aryl methyl sites for hydroxylation is 3. The lowest BCUT2D eigenvalue weighted by Crippen LogP contribution is -2.28. The van der Waals surface area contributed by atoms with E-state index in [1.807, 2.05) is 6.07 Å². The number of rotatable bonds is 4. The summed E-state index contributed by atoms with van der Waals surface area (Å²) >= 11 is 0. The van der Waals surface area contributed by atoms with Crippen LogP contribution in [0.4, 0.5) is 0 Å². The third kappa shape index (κ3) is 2.99. The summed E-state index contributed by atoms with van der Waals surface area (Å²) in [7, 11) is 0. The highest BCUT2D eigenvalue weighted by Gasteiger charge is 2.27. The maximum Gasteiger partial charge on any atom is 0.311 e. The first-order valence-corrected chi connectivity index (χ1v) is 7.64. The lowest BCUT2D eigenvalue weighted by atomic mass is 10.0. The number of carboxylic acid groups (broad SMARTS) is 1. The first kappa shape index (κ1) is 15.3. The zero-order valence-corrected chi connectivity index (χ0v) is 13.2. The second-order valence-corrected chi connectivity index (χ2v) is 6.05. The zero-order chi connectivity index (χ0) is 16.6. The molecular weight excluding hydrogens is 294 g/mol. The Morgan fingerprint density at radius 1 is 1.35 bits per heavy atom. The largest absolute Gasteiger partial charge is 0.481 e. The van der Waals surface area contributed by atoms with Crippen molar-refractivity contribution in [2.45, 2.75) is 39.2 Å². The van der Waals surface area contributed by atoms with Gasteiger partial charge >= 0.3 is 5.97 Å². The zero-order valence-electron chi connectivity index (χ0n) is 13.2. The molecule has 0 saturated carbocycles. The summed E-state index contributed by atoms with van der Waals surface area (Å²) in [6.45, 7) is 3.80. The Labute approximate surface area is 134 Å². The lowest BCUT2D eigenvalue weighted by molar-refractivity contribution is -0.136. The van der Waals surface area contributed by atoms with Crippen molar-refractivity contribution >= 4 is 11.9 Å². The van der Waals surface area contributed by atoms with E-state index in [1.54, 1.807) is 6.92 Å². The fraction of sp³-hybridized carbons (Fsp3) is 0.333. The van der Waals surface area contributed by atoms with Crippen molar-refractivity contribution < 1.29 is 19.1 Å². The molecule has 0 saturated heterocycles. The van der Waals surface area contributed by atoms with Crippen LogP contribution in [-0.4, -0.2) is 17.0 Å². The minimum Gasteiger partial charge on any atom is -0.481 e. The Balaban J connectivity index is 1.82. The smallest absolute Gasteiger partial charge is 0.311 e. The minimum absolute atomic E-state index is 0.0370. The first-order valence-electron chi connectivity index (χ1n) is 7.64. The Morgan fingerprint density at radius 2 is 2.13 bits per heavy atom. The van der Waals surface area contributed by atoms with Crippen molar-refractivity contribution in [3.63, 3.8) is 0 Å². The number of benzene rings is 1. The van der Waals surface area contributed by atoms with E-state index in [0.29, 0.717) is 11.1 Å². The van der Waals surface area contributed by atoms with Crippen molar-refractivity contribution in [3.8, 4) is 0 Å². The standard InChI is InChI=1S/C18H19NO4/c1-10-3-5-13-12(7-10)4-6-14(13)19-18(22)17-11(2)9-23-15(17)8-16(20)21/h3,5,7,9,14H,4,6,8H2,1-2H3,(H,19,22)(H,20,21). The van der Waals surface area contributed by atoms with E-state index in [1.165, 1.54) is 17.4 Å². The summed E-state index contributed by atoms with van der Waals surface area (Å²) in [6, 6.07) is 6.22. The fourth-order valence-corrected chi connectivity index (χ4v) is 3.20. The quantitative estimate of drug-likeness (QED) is 0.909. The number of fused-ring (bicyclic) bond motifs is 1. The molecule has 1 aromatic carbocycles. The van der Waals surface area contributed by atoms with Gasteiger partial charge in [-0.3, -0.25) is 9.59 Å². The lowest BCUT2D eigenvalue weighted by Gasteiger charge is -2.14. The van der Waals surface area contributed by atoms with Crippen LogP contribution in [0.25, 0.3) is 0 Å². The molecule has 1 aliphatic carbocycles. The van der Waals surface area contributed by atoms with Crippen LogP contribution in [0, 0.1) is 13.8 Å². The Hall–Kier alpha value is -2.56. The summed E-state index contributed by atoms with van der Waals surface area (Å²) in [5.41, 5.74) is 4.62. The van der Waals surface area contributed by atoms with Gasteiger partial charge in [0.15, 0.2) is 0 Å². The van der Waals surface area contributed by atoms with E-state index in [2.05, 4.69) is 24.4 Å². The molecule has 0 bridgehead atoms. The van der Waals surface area contributed by atoms with Crippen LogP contribution in [-0.2, 0) is 17.6 Å². The van der Waals surface area contributed by atoms with Gasteiger partial charge in [0.05, 0.1) is 17.9 Å². The van der Waals surface area contributed by atoms with Gasteiger partial charge in [0.1, 0.15) is 12.2 Å². The molecule has 0 aliphatic heterocycles. The maximum absolute atomic E-state index is 12.6. The molecule has 3 rings (SSSR count). The highest BCUT2D eigenvalue weighted by atomic mass is 16.4. The molecule has 5 nitrogen and oxygen atoms in total. The molecule has 0 spiro atoms. The second-order valence-electron chi connectivity index (χ2n) is 6.05. The molecular formula is C18H19NO4. The molecule has 0 radical (unpaired) electrons. The summed E-state index contributed by atoms with van der Waals surface area (Å²) in [5, 5.41) is 12.0. The van der Waals surface area contributed by atoms with Crippen LogP contribution in [0.2, 0.25) is 0 Å².